The maximum absolute atomic E-state index is 9.02. The summed E-state index contributed by atoms with van der Waals surface area (Å²) in [6.45, 7) is 2.11. The van der Waals surface area contributed by atoms with Gasteiger partial charge in [0.05, 0.1) is 17.8 Å². The quantitative estimate of drug-likeness (QED) is 0.404. The van der Waals surface area contributed by atoms with Crippen molar-refractivity contribution in [1.29, 1.82) is 0 Å². The maximum atomic E-state index is 9.02. The number of hydrogen-bond donors (Lipinski definition) is 4. The minimum atomic E-state index is -0.00818. The summed E-state index contributed by atoms with van der Waals surface area (Å²) in [7, 11) is 0. The van der Waals surface area contributed by atoms with E-state index in [1.807, 2.05) is 0 Å². The molecule has 10 heteroatoms. The lowest BCUT2D eigenvalue weighted by atomic mass is 9.73. The Kier molecular flexibility index (Phi) is 6.52. The number of nitrogens with one attached hydrogen (secondary N) is 1. The first-order valence-corrected chi connectivity index (χ1v) is 12.6. The SMILES string of the molecule is Nc1nc(N2CCC3(CC2)Cc2ccccc2[C@H]3N)cnc1Sc1ccnc(NCCO)c1Cl. The molecule has 1 saturated heterocycles. The number of aromatic nitrogens is 3. The average Bonchev–Trinajstić information content (AvgIpc) is 3.12. The van der Waals surface area contributed by atoms with E-state index < -0.39 is 0 Å². The van der Waals surface area contributed by atoms with E-state index in [0.29, 0.717) is 28.2 Å². The number of aliphatic hydroxyl groups is 1. The molecule has 1 atom stereocenters. The summed E-state index contributed by atoms with van der Waals surface area (Å²) in [5, 5.41) is 13.1. The fourth-order valence-corrected chi connectivity index (χ4v) is 6.08. The molecule has 178 valence electrons. The molecule has 6 N–H and O–H groups in total. The normalized spacial score (nSPS) is 18.8. The number of nitrogen functional groups attached to an aromatic ring is 1. The Morgan fingerprint density at radius 1 is 1.21 bits per heavy atom. The van der Waals surface area contributed by atoms with E-state index in [-0.39, 0.29) is 18.1 Å². The summed E-state index contributed by atoms with van der Waals surface area (Å²) in [5.74, 6) is 1.66. The van der Waals surface area contributed by atoms with Crippen molar-refractivity contribution in [3.63, 3.8) is 0 Å². The fourth-order valence-electron chi connectivity index (χ4n) is 5.01. The van der Waals surface area contributed by atoms with Crippen LogP contribution in [0.5, 0.6) is 0 Å². The number of benzene rings is 1. The lowest BCUT2D eigenvalue weighted by Crippen LogP contribution is -2.44. The van der Waals surface area contributed by atoms with Gasteiger partial charge < -0.3 is 26.8 Å². The van der Waals surface area contributed by atoms with E-state index in [0.717, 1.165) is 43.1 Å². The zero-order valence-corrected chi connectivity index (χ0v) is 20.3. The number of rotatable bonds is 6. The minimum Gasteiger partial charge on any atom is -0.395 e. The van der Waals surface area contributed by atoms with Crippen molar-refractivity contribution >= 4 is 40.8 Å². The Morgan fingerprint density at radius 2 is 2.00 bits per heavy atom. The van der Waals surface area contributed by atoms with E-state index in [1.54, 1.807) is 18.5 Å². The van der Waals surface area contributed by atoms with Crippen molar-refractivity contribution in [1.82, 2.24) is 15.0 Å². The van der Waals surface area contributed by atoms with Crippen LogP contribution in [0, 0.1) is 5.41 Å². The number of nitrogens with two attached hydrogens (primary N) is 2. The summed E-state index contributed by atoms with van der Waals surface area (Å²) in [5.41, 5.74) is 15.8. The van der Waals surface area contributed by atoms with Gasteiger partial charge in [0.15, 0.2) is 5.82 Å². The Bertz CT molecular complexity index is 1190. The van der Waals surface area contributed by atoms with E-state index in [1.165, 1.54) is 22.9 Å². The molecular formula is C24H28ClN7OS. The Hall–Kier alpha value is -2.59. The topological polar surface area (TPSA) is 126 Å². The second-order valence-electron chi connectivity index (χ2n) is 8.85. The van der Waals surface area contributed by atoms with Crippen LogP contribution in [0.1, 0.15) is 30.0 Å². The number of aliphatic hydroxyl groups excluding tert-OH is 1. The van der Waals surface area contributed by atoms with Crippen molar-refractivity contribution < 1.29 is 5.11 Å². The summed E-state index contributed by atoms with van der Waals surface area (Å²) in [4.78, 5) is 16.5. The van der Waals surface area contributed by atoms with Crippen LogP contribution in [0.25, 0.3) is 0 Å². The summed E-state index contributed by atoms with van der Waals surface area (Å²) in [6, 6.07) is 10.4. The van der Waals surface area contributed by atoms with Crippen LogP contribution < -0.4 is 21.7 Å². The first-order chi connectivity index (χ1) is 16.5. The van der Waals surface area contributed by atoms with Crippen LogP contribution in [0.2, 0.25) is 5.02 Å². The van der Waals surface area contributed by atoms with Gasteiger partial charge in [-0.1, -0.05) is 47.6 Å². The number of piperidine rings is 1. The summed E-state index contributed by atoms with van der Waals surface area (Å²) >= 11 is 7.81. The summed E-state index contributed by atoms with van der Waals surface area (Å²) in [6.07, 6.45) is 6.50. The smallest absolute Gasteiger partial charge is 0.158 e. The van der Waals surface area contributed by atoms with Crippen LogP contribution in [0.15, 0.2) is 52.6 Å². The predicted octanol–water partition coefficient (Wildman–Crippen LogP) is 3.51. The molecule has 0 bridgehead atoms. The lowest BCUT2D eigenvalue weighted by molar-refractivity contribution is 0.187. The second kappa shape index (κ2) is 9.58. The molecule has 0 amide bonds. The molecule has 1 aromatic carbocycles. The van der Waals surface area contributed by atoms with Gasteiger partial charge in [0, 0.05) is 36.8 Å². The maximum Gasteiger partial charge on any atom is 0.158 e. The Morgan fingerprint density at radius 3 is 2.74 bits per heavy atom. The molecule has 3 aromatic rings. The Balaban J connectivity index is 1.27. The molecule has 3 heterocycles. The van der Waals surface area contributed by atoms with Gasteiger partial charge in [0.25, 0.3) is 0 Å². The van der Waals surface area contributed by atoms with Gasteiger partial charge >= 0.3 is 0 Å². The van der Waals surface area contributed by atoms with Crippen LogP contribution in [-0.4, -0.2) is 46.3 Å². The van der Waals surface area contributed by atoms with Crippen molar-refractivity contribution in [2.24, 2.45) is 11.1 Å². The third-order valence-corrected chi connectivity index (χ3v) is 8.45. The molecule has 1 spiro atoms. The molecule has 1 aliphatic carbocycles. The Labute approximate surface area is 208 Å². The van der Waals surface area contributed by atoms with E-state index in [2.05, 4.69) is 49.4 Å². The molecule has 1 fully saturated rings. The first-order valence-electron chi connectivity index (χ1n) is 11.4. The average molecular weight is 498 g/mol. The van der Waals surface area contributed by atoms with Crippen molar-refractivity contribution in [2.75, 3.05) is 42.2 Å². The van der Waals surface area contributed by atoms with Crippen LogP contribution in [0.4, 0.5) is 17.5 Å². The molecular weight excluding hydrogens is 470 g/mol. The number of hydrogen-bond acceptors (Lipinski definition) is 9. The molecule has 5 rings (SSSR count). The molecule has 1 aliphatic heterocycles. The third kappa shape index (κ3) is 4.29. The summed E-state index contributed by atoms with van der Waals surface area (Å²) < 4.78 is 0. The van der Waals surface area contributed by atoms with Gasteiger partial charge in [-0.05, 0) is 41.9 Å². The molecule has 0 saturated carbocycles. The van der Waals surface area contributed by atoms with E-state index >= 15 is 0 Å². The van der Waals surface area contributed by atoms with Crippen molar-refractivity contribution in [2.45, 2.75) is 35.2 Å². The fraction of sp³-hybridized carbons (Fsp3) is 0.375. The highest BCUT2D eigenvalue weighted by Gasteiger charge is 2.45. The highest BCUT2D eigenvalue weighted by Crippen LogP contribution is 2.51. The highest BCUT2D eigenvalue weighted by atomic mass is 35.5. The molecule has 34 heavy (non-hydrogen) atoms. The monoisotopic (exact) mass is 497 g/mol. The number of fused-ring (bicyclic) bond motifs is 1. The van der Waals surface area contributed by atoms with E-state index in [4.69, 9.17) is 28.2 Å². The van der Waals surface area contributed by atoms with Gasteiger partial charge in [0.1, 0.15) is 16.7 Å². The standard InChI is InChI=1S/C24H28ClN7OS/c25-19-17(5-8-28-22(19)29-9-12-33)34-23-21(27)31-18(14-30-23)32-10-6-24(7-11-32)13-15-3-1-2-4-16(15)20(24)26/h1-5,8,14,20,33H,6-7,9-13,26H2,(H2,27,31)(H,28,29)/t20-/m1/s1. The van der Waals surface area contributed by atoms with Crippen LogP contribution in [0.3, 0.4) is 0 Å². The zero-order chi connectivity index (χ0) is 23.7. The minimum absolute atomic E-state index is 0.00818. The van der Waals surface area contributed by atoms with Gasteiger partial charge in [-0.15, -0.1) is 0 Å². The number of halogens is 1. The molecule has 2 aromatic heterocycles. The first kappa shape index (κ1) is 23.2. The largest absolute Gasteiger partial charge is 0.395 e. The molecule has 0 unspecified atom stereocenters. The predicted molar refractivity (Wildman–Crippen MR) is 136 cm³/mol. The zero-order valence-electron chi connectivity index (χ0n) is 18.7. The lowest BCUT2D eigenvalue weighted by Gasteiger charge is -2.42. The van der Waals surface area contributed by atoms with Crippen LogP contribution in [-0.2, 0) is 6.42 Å². The molecule has 0 radical (unpaired) electrons. The van der Waals surface area contributed by atoms with Gasteiger partial charge in [-0.2, -0.15) is 0 Å². The van der Waals surface area contributed by atoms with Gasteiger partial charge in [-0.3, -0.25) is 0 Å². The van der Waals surface area contributed by atoms with Gasteiger partial charge in [-0.25, -0.2) is 15.0 Å². The second-order valence-corrected chi connectivity index (χ2v) is 10.3. The third-order valence-electron chi connectivity index (χ3n) is 6.89. The highest BCUT2D eigenvalue weighted by molar-refractivity contribution is 7.99. The van der Waals surface area contributed by atoms with Crippen molar-refractivity contribution in [3.8, 4) is 0 Å². The molecule has 8 nitrogen and oxygen atoms in total. The van der Waals surface area contributed by atoms with Crippen molar-refractivity contribution in [3.05, 3.63) is 58.9 Å². The van der Waals surface area contributed by atoms with Gasteiger partial charge in [0.2, 0.25) is 0 Å². The number of anilines is 3. The number of pyridine rings is 1. The van der Waals surface area contributed by atoms with Crippen LogP contribution >= 0.6 is 23.4 Å². The molecule has 2 aliphatic rings. The van der Waals surface area contributed by atoms with E-state index in [9.17, 15) is 0 Å². The number of nitrogens with zero attached hydrogens (tertiary/aromatic N) is 4.